The summed E-state index contributed by atoms with van der Waals surface area (Å²) in [5.41, 5.74) is -4.27. The van der Waals surface area contributed by atoms with Crippen LogP contribution in [0.3, 0.4) is 0 Å². The van der Waals surface area contributed by atoms with Crippen molar-refractivity contribution in [3.63, 3.8) is 0 Å². The van der Waals surface area contributed by atoms with Crippen LogP contribution in [0.5, 0.6) is 5.75 Å². The Morgan fingerprint density at radius 2 is 1.65 bits per heavy atom. The number of nitrogens with one attached hydrogen (secondary N) is 1. The van der Waals surface area contributed by atoms with Crippen molar-refractivity contribution >= 4 is 5.97 Å². The first-order valence-electron chi connectivity index (χ1n) is 13.9. The van der Waals surface area contributed by atoms with Crippen molar-refractivity contribution in [3.05, 3.63) is 122 Å². The van der Waals surface area contributed by atoms with Gasteiger partial charge in [-0.25, -0.2) is 13.6 Å². The molecule has 0 aliphatic heterocycles. The van der Waals surface area contributed by atoms with Crippen LogP contribution >= 0.6 is 0 Å². The average Bonchev–Trinajstić information content (AvgIpc) is 2.99. The standard InChI is InChI=1S/C32H30F5N3O5.Na/c1-19-28(21-11-6-14-26(45-2)29(21)34)30(43)40(18-25(20-9-4-3-5-10-20)38-16-8-15-27(41)42)31(44)39(19)17-22-23(32(35,36)37)12-7-13-24(22)33;/h3-7,9-14,25,38H,8,15-18H2,1-2H3,(H,41,42);/q;+1/t25-;/m0./s1. The van der Waals surface area contributed by atoms with Crippen molar-refractivity contribution in [2.24, 2.45) is 0 Å². The van der Waals surface area contributed by atoms with E-state index in [4.69, 9.17) is 9.84 Å². The molecule has 0 aliphatic carbocycles. The summed E-state index contributed by atoms with van der Waals surface area (Å²) in [5.74, 6) is -3.39. The van der Waals surface area contributed by atoms with Gasteiger partial charge < -0.3 is 15.2 Å². The maximum absolute atomic E-state index is 15.6. The van der Waals surface area contributed by atoms with Crippen LogP contribution in [0, 0.1) is 18.6 Å². The first-order valence-corrected chi connectivity index (χ1v) is 13.9. The summed E-state index contributed by atoms with van der Waals surface area (Å²) in [6.07, 6.45) is -4.88. The molecule has 0 unspecified atom stereocenters. The second-order valence-electron chi connectivity index (χ2n) is 10.2. The van der Waals surface area contributed by atoms with E-state index in [1.54, 1.807) is 30.3 Å². The molecule has 4 aromatic rings. The zero-order valence-electron chi connectivity index (χ0n) is 25.3. The van der Waals surface area contributed by atoms with Crippen molar-refractivity contribution in [3.8, 4) is 16.9 Å². The van der Waals surface area contributed by atoms with Crippen LogP contribution in [-0.4, -0.2) is 33.9 Å². The summed E-state index contributed by atoms with van der Waals surface area (Å²) in [7, 11) is 1.21. The zero-order chi connectivity index (χ0) is 32.9. The molecule has 0 spiro atoms. The number of aliphatic carboxylic acids is 1. The molecule has 3 aromatic carbocycles. The van der Waals surface area contributed by atoms with E-state index in [1.807, 2.05) is 0 Å². The van der Waals surface area contributed by atoms with Gasteiger partial charge in [0.25, 0.3) is 5.56 Å². The van der Waals surface area contributed by atoms with Gasteiger partial charge in [-0.1, -0.05) is 48.5 Å². The van der Waals surface area contributed by atoms with Crippen LogP contribution < -0.4 is 50.9 Å². The van der Waals surface area contributed by atoms with Crippen molar-refractivity contribution in [1.82, 2.24) is 14.5 Å². The fraction of sp³-hybridized carbons (Fsp3) is 0.281. The number of rotatable bonds is 12. The number of carboxylic acid groups (broad SMARTS) is 1. The third-order valence-electron chi connectivity index (χ3n) is 7.41. The van der Waals surface area contributed by atoms with Crippen molar-refractivity contribution < 1.29 is 66.1 Å². The minimum Gasteiger partial charge on any atom is -0.494 e. The van der Waals surface area contributed by atoms with Gasteiger partial charge >= 0.3 is 47.4 Å². The molecule has 0 saturated carbocycles. The number of aromatic nitrogens is 2. The van der Waals surface area contributed by atoms with Gasteiger partial charge in [0.1, 0.15) is 5.82 Å². The van der Waals surface area contributed by atoms with Gasteiger partial charge in [0.05, 0.1) is 37.4 Å². The SMILES string of the molecule is COc1cccc(-c2c(C)n(Cc3c(F)cccc3C(F)(F)F)c(=O)n(C[C@H](NCCCC(=O)O)c3ccccc3)c2=O)c1F.[Na+]. The van der Waals surface area contributed by atoms with Crippen LogP contribution in [0.4, 0.5) is 22.0 Å². The molecule has 0 bridgehead atoms. The van der Waals surface area contributed by atoms with E-state index in [9.17, 15) is 31.9 Å². The summed E-state index contributed by atoms with van der Waals surface area (Å²) in [5, 5.41) is 12.1. The largest absolute Gasteiger partial charge is 1.00 e. The van der Waals surface area contributed by atoms with Gasteiger partial charge in [0.15, 0.2) is 11.6 Å². The Kier molecular flexibility index (Phi) is 12.5. The van der Waals surface area contributed by atoms with E-state index in [2.05, 4.69) is 5.32 Å². The summed E-state index contributed by atoms with van der Waals surface area (Å²) in [4.78, 5) is 39.0. The van der Waals surface area contributed by atoms with Gasteiger partial charge in [-0.3, -0.25) is 18.7 Å². The Morgan fingerprint density at radius 1 is 0.978 bits per heavy atom. The number of ether oxygens (including phenoxy) is 1. The van der Waals surface area contributed by atoms with E-state index in [-0.39, 0.29) is 78.1 Å². The third-order valence-corrected chi connectivity index (χ3v) is 7.41. The molecule has 1 heterocycles. The Morgan fingerprint density at radius 3 is 2.28 bits per heavy atom. The van der Waals surface area contributed by atoms with Crippen molar-refractivity contribution in [2.75, 3.05) is 13.7 Å². The number of hydrogen-bond acceptors (Lipinski definition) is 5. The topological polar surface area (TPSA) is 103 Å². The fourth-order valence-electron chi connectivity index (χ4n) is 5.13. The average molecular weight is 655 g/mol. The molecule has 2 N–H and O–H groups in total. The summed E-state index contributed by atoms with van der Waals surface area (Å²) >= 11 is 0. The molecule has 4 rings (SSSR count). The molecule has 0 radical (unpaired) electrons. The van der Waals surface area contributed by atoms with Gasteiger partial charge in [-0.2, -0.15) is 13.2 Å². The molecule has 46 heavy (non-hydrogen) atoms. The minimum absolute atomic E-state index is 0. The second kappa shape index (κ2) is 15.7. The minimum atomic E-state index is -4.95. The van der Waals surface area contributed by atoms with Crippen LogP contribution in [0.25, 0.3) is 11.1 Å². The maximum atomic E-state index is 15.6. The number of carbonyl (C=O) groups is 1. The molecular formula is C32H30F5N3NaO5+. The predicted octanol–water partition coefficient (Wildman–Crippen LogP) is 2.54. The maximum Gasteiger partial charge on any atom is 1.00 e. The van der Waals surface area contributed by atoms with Crippen molar-refractivity contribution in [2.45, 2.75) is 45.1 Å². The monoisotopic (exact) mass is 654 g/mol. The number of hydrogen-bond donors (Lipinski definition) is 2. The molecule has 8 nitrogen and oxygen atoms in total. The molecule has 14 heteroatoms. The molecule has 238 valence electrons. The first-order chi connectivity index (χ1) is 21.3. The second-order valence-corrected chi connectivity index (χ2v) is 10.2. The van der Waals surface area contributed by atoms with Gasteiger partial charge in [-0.15, -0.1) is 0 Å². The van der Waals surface area contributed by atoms with Crippen LogP contribution in [0.1, 0.15) is 41.3 Å². The molecule has 0 amide bonds. The molecule has 0 saturated heterocycles. The van der Waals surface area contributed by atoms with Crippen LogP contribution in [-0.2, 0) is 24.1 Å². The number of nitrogens with zero attached hydrogens (tertiary/aromatic N) is 2. The molecule has 0 aliphatic rings. The van der Waals surface area contributed by atoms with Crippen LogP contribution in [0.2, 0.25) is 0 Å². The number of methoxy groups -OCH3 is 1. The number of halogens is 5. The van der Waals surface area contributed by atoms with Gasteiger partial charge in [0.2, 0.25) is 0 Å². The molecule has 1 aromatic heterocycles. The quantitative estimate of drug-likeness (QED) is 0.138. The number of carboxylic acids is 1. The summed E-state index contributed by atoms with van der Waals surface area (Å²) in [6.45, 7) is 0.181. The van der Waals surface area contributed by atoms with Crippen LogP contribution in [0.15, 0.2) is 76.3 Å². The predicted molar refractivity (Wildman–Crippen MR) is 156 cm³/mol. The van der Waals surface area contributed by atoms with Crippen molar-refractivity contribution in [1.29, 1.82) is 0 Å². The van der Waals surface area contributed by atoms with E-state index < -0.39 is 58.7 Å². The molecular weight excluding hydrogens is 624 g/mol. The van der Waals surface area contributed by atoms with Gasteiger partial charge in [-0.05, 0) is 43.7 Å². The molecule has 1 atom stereocenters. The normalized spacial score (nSPS) is 12.0. The fourth-order valence-corrected chi connectivity index (χ4v) is 5.13. The Hall–Kier alpha value is -3.78. The van der Waals surface area contributed by atoms with E-state index in [0.29, 0.717) is 11.6 Å². The summed E-state index contributed by atoms with van der Waals surface area (Å²) in [6, 6.07) is 14.2. The Balaban J connectivity index is 0.00000576. The first kappa shape index (κ1) is 36.7. The zero-order valence-corrected chi connectivity index (χ0v) is 27.3. The van der Waals surface area contributed by atoms with E-state index in [0.717, 1.165) is 21.3 Å². The summed E-state index contributed by atoms with van der Waals surface area (Å²) < 4.78 is 78.8. The van der Waals surface area contributed by atoms with E-state index >= 15 is 4.39 Å². The Labute approximate surface area is 282 Å². The van der Waals surface area contributed by atoms with Gasteiger partial charge in [0, 0.05) is 23.2 Å². The third kappa shape index (κ3) is 8.13. The Bertz CT molecular complexity index is 1810. The molecule has 0 fully saturated rings. The van der Waals surface area contributed by atoms with E-state index in [1.165, 1.54) is 32.2 Å². The smallest absolute Gasteiger partial charge is 0.494 e. The number of alkyl halides is 3. The number of benzene rings is 3.